The van der Waals surface area contributed by atoms with Gasteiger partial charge in [-0.05, 0) is 35.7 Å². The third-order valence-electron chi connectivity index (χ3n) is 7.48. The lowest BCUT2D eigenvalue weighted by molar-refractivity contribution is 1.15. The Morgan fingerprint density at radius 3 is 1.56 bits per heavy atom. The van der Waals surface area contributed by atoms with Gasteiger partial charge in [0, 0.05) is 38.3 Å². The van der Waals surface area contributed by atoms with Crippen LogP contribution in [0.15, 0.2) is 133 Å². The molecule has 0 unspecified atom stereocenters. The number of nitrogens with zero attached hydrogens (tertiary/aromatic N) is 2. The summed E-state index contributed by atoms with van der Waals surface area (Å²) < 4.78 is 4.92. The Balaban J connectivity index is 1.71. The molecule has 0 atom stereocenters. The van der Waals surface area contributed by atoms with Crippen molar-refractivity contribution < 1.29 is 0 Å². The van der Waals surface area contributed by atoms with Crippen molar-refractivity contribution in [2.24, 2.45) is 0 Å². The number of para-hydroxylation sites is 3. The van der Waals surface area contributed by atoms with Crippen molar-refractivity contribution in [3.8, 4) is 11.4 Å². The van der Waals surface area contributed by atoms with Gasteiger partial charge in [0.2, 0.25) is 0 Å². The first-order chi connectivity index (χ1) is 17.9. The first-order valence-electron chi connectivity index (χ1n) is 12.4. The monoisotopic (exact) mass is 458 g/mol. The number of hydrogen-bond donors (Lipinski definition) is 0. The Hall–Kier alpha value is -4.82. The summed E-state index contributed by atoms with van der Waals surface area (Å²) in [7, 11) is 0. The molecule has 2 heterocycles. The number of rotatable bonds is 2. The van der Waals surface area contributed by atoms with Gasteiger partial charge in [0.05, 0.1) is 22.1 Å². The molecule has 0 bridgehead atoms. The average molecular weight is 459 g/mol. The van der Waals surface area contributed by atoms with E-state index in [1.807, 2.05) is 0 Å². The molecule has 6 aromatic carbocycles. The van der Waals surface area contributed by atoms with Crippen molar-refractivity contribution in [1.29, 1.82) is 0 Å². The highest BCUT2D eigenvalue weighted by Gasteiger charge is 2.21. The Bertz CT molecular complexity index is 2080. The van der Waals surface area contributed by atoms with Crippen LogP contribution in [0, 0.1) is 0 Å². The molecule has 0 radical (unpaired) electrons. The lowest BCUT2D eigenvalue weighted by Gasteiger charge is -2.13. The average Bonchev–Trinajstić information content (AvgIpc) is 3.47. The van der Waals surface area contributed by atoms with Gasteiger partial charge in [-0.2, -0.15) is 0 Å². The van der Waals surface area contributed by atoms with Crippen LogP contribution >= 0.6 is 0 Å². The number of hydrogen-bond acceptors (Lipinski definition) is 0. The second-order valence-corrected chi connectivity index (χ2v) is 9.40. The van der Waals surface area contributed by atoms with Gasteiger partial charge in [0.25, 0.3) is 0 Å². The van der Waals surface area contributed by atoms with Crippen molar-refractivity contribution in [2.45, 2.75) is 0 Å². The van der Waals surface area contributed by atoms with Crippen LogP contribution in [-0.4, -0.2) is 9.13 Å². The molecule has 0 N–H and O–H groups in total. The van der Waals surface area contributed by atoms with Crippen molar-refractivity contribution in [3.63, 3.8) is 0 Å². The normalized spacial score (nSPS) is 11.9. The van der Waals surface area contributed by atoms with E-state index in [0.29, 0.717) is 0 Å². The van der Waals surface area contributed by atoms with Gasteiger partial charge in [-0.3, -0.25) is 0 Å². The minimum atomic E-state index is 1.17. The lowest BCUT2D eigenvalue weighted by Crippen LogP contribution is -1.98. The van der Waals surface area contributed by atoms with Gasteiger partial charge in [-0.25, -0.2) is 0 Å². The maximum Gasteiger partial charge on any atom is 0.0789 e. The second-order valence-electron chi connectivity index (χ2n) is 9.40. The van der Waals surface area contributed by atoms with Crippen molar-refractivity contribution in [2.75, 3.05) is 0 Å². The molecule has 0 saturated carbocycles. The topological polar surface area (TPSA) is 9.86 Å². The Kier molecular flexibility index (Phi) is 3.97. The van der Waals surface area contributed by atoms with E-state index in [1.165, 1.54) is 65.8 Å². The molecule has 0 amide bonds. The zero-order valence-corrected chi connectivity index (χ0v) is 19.6. The molecule has 2 heteroatoms. The fourth-order valence-electron chi connectivity index (χ4n) is 5.99. The van der Waals surface area contributed by atoms with Gasteiger partial charge in [0.15, 0.2) is 0 Å². The van der Waals surface area contributed by atoms with Crippen LogP contribution < -0.4 is 0 Å². The Morgan fingerprint density at radius 1 is 0.306 bits per heavy atom. The molecule has 0 spiro atoms. The second kappa shape index (κ2) is 7.34. The van der Waals surface area contributed by atoms with Crippen LogP contribution in [0.2, 0.25) is 0 Å². The van der Waals surface area contributed by atoms with Crippen LogP contribution in [0.5, 0.6) is 0 Å². The van der Waals surface area contributed by atoms with Gasteiger partial charge < -0.3 is 9.13 Å². The van der Waals surface area contributed by atoms with Crippen molar-refractivity contribution >= 4 is 54.4 Å². The molecule has 2 nitrogen and oxygen atoms in total. The Morgan fingerprint density at radius 2 is 0.806 bits per heavy atom. The van der Waals surface area contributed by atoms with Crippen molar-refractivity contribution in [1.82, 2.24) is 9.13 Å². The molecule has 0 saturated heterocycles. The summed E-state index contributed by atoms with van der Waals surface area (Å²) in [5.74, 6) is 0. The summed E-state index contributed by atoms with van der Waals surface area (Å²) in [5, 5.41) is 7.61. The fourth-order valence-corrected chi connectivity index (χ4v) is 5.99. The molecule has 0 aliphatic heterocycles. The summed E-state index contributed by atoms with van der Waals surface area (Å²) in [4.78, 5) is 0. The maximum absolute atomic E-state index is 2.48. The molecule has 0 aliphatic carbocycles. The standard InChI is InChI=1S/C34H22N2/c1-3-12-24(13-4-1)35-31-18-10-9-17-27(31)28-21-22-30-29-20-19-23-11-7-8-16-26(23)32(29)36(34(30)33(28)35)25-14-5-2-6-15-25/h1-22H. The van der Waals surface area contributed by atoms with E-state index in [1.54, 1.807) is 0 Å². The maximum atomic E-state index is 2.48. The quantitative estimate of drug-likeness (QED) is 0.244. The largest absolute Gasteiger partial charge is 0.307 e. The van der Waals surface area contributed by atoms with E-state index in [4.69, 9.17) is 0 Å². The van der Waals surface area contributed by atoms with E-state index < -0.39 is 0 Å². The molecular weight excluding hydrogens is 436 g/mol. The summed E-state index contributed by atoms with van der Waals surface area (Å²) in [6.07, 6.45) is 0. The van der Waals surface area contributed by atoms with E-state index in [0.717, 1.165) is 0 Å². The van der Waals surface area contributed by atoms with E-state index in [-0.39, 0.29) is 0 Å². The predicted octanol–water partition coefficient (Wildman–Crippen LogP) is 9.03. The molecule has 0 aliphatic rings. The predicted molar refractivity (Wildman–Crippen MR) is 153 cm³/mol. The SMILES string of the molecule is c1ccc(-n2c3ccccc3c3ccc4c5ccc6ccccc6c5n(-c5ccccc5)c4c32)cc1. The number of aromatic nitrogens is 2. The highest BCUT2D eigenvalue weighted by atomic mass is 15.0. The first-order valence-corrected chi connectivity index (χ1v) is 12.4. The van der Waals surface area contributed by atoms with Gasteiger partial charge >= 0.3 is 0 Å². The van der Waals surface area contributed by atoms with Crippen LogP contribution in [0.3, 0.4) is 0 Å². The zero-order chi connectivity index (χ0) is 23.6. The van der Waals surface area contributed by atoms with Gasteiger partial charge in [-0.15, -0.1) is 0 Å². The zero-order valence-electron chi connectivity index (χ0n) is 19.6. The van der Waals surface area contributed by atoms with Crippen LogP contribution in [0.1, 0.15) is 0 Å². The lowest BCUT2D eigenvalue weighted by atomic mass is 10.0. The minimum Gasteiger partial charge on any atom is -0.307 e. The molecule has 8 aromatic rings. The summed E-state index contributed by atoms with van der Waals surface area (Å²) in [6.45, 7) is 0. The van der Waals surface area contributed by atoms with Gasteiger partial charge in [-0.1, -0.05) is 103 Å². The van der Waals surface area contributed by atoms with Gasteiger partial charge in [0.1, 0.15) is 0 Å². The number of benzene rings is 6. The molecule has 2 aromatic heterocycles. The summed E-state index contributed by atoms with van der Waals surface area (Å²) in [6, 6.07) is 48.2. The third-order valence-corrected chi connectivity index (χ3v) is 7.48. The molecular formula is C34H22N2. The van der Waals surface area contributed by atoms with Crippen LogP contribution in [0.4, 0.5) is 0 Å². The van der Waals surface area contributed by atoms with Crippen molar-refractivity contribution in [3.05, 3.63) is 133 Å². The molecule has 36 heavy (non-hydrogen) atoms. The molecule has 168 valence electrons. The van der Waals surface area contributed by atoms with E-state index >= 15 is 0 Å². The van der Waals surface area contributed by atoms with Crippen LogP contribution in [0.25, 0.3) is 65.8 Å². The van der Waals surface area contributed by atoms with E-state index in [9.17, 15) is 0 Å². The smallest absolute Gasteiger partial charge is 0.0789 e. The Labute approximate surface area is 208 Å². The fraction of sp³-hybridized carbons (Fsp3) is 0. The highest BCUT2D eigenvalue weighted by Crippen LogP contribution is 2.43. The number of fused-ring (bicyclic) bond motifs is 9. The first kappa shape index (κ1) is 19.5. The minimum absolute atomic E-state index is 1.17. The van der Waals surface area contributed by atoms with E-state index in [2.05, 4.69) is 143 Å². The third kappa shape index (κ3) is 2.56. The highest BCUT2D eigenvalue weighted by molar-refractivity contribution is 6.26. The molecule has 8 rings (SSSR count). The molecule has 0 fully saturated rings. The summed E-state index contributed by atoms with van der Waals surface area (Å²) >= 11 is 0. The summed E-state index contributed by atoms with van der Waals surface area (Å²) in [5.41, 5.74) is 7.30. The van der Waals surface area contributed by atoms with Crippen LogP contribution in [-0.2, 0) is 0 Å².